The minimum atomic E-state index is -4.26. The van der Waals surface area contributed by atoms with Crippen molar-refractivity contribution in [3.63, 3.8) is 0 Å². The monoisotopic (exact) mass is 486 g/mol. The second-order valence-electron chi connectivity index (χ2n) is 6.13. The molecule has 1 fully saturated rings. The average molecular weight is 487 g/mol. The molecule has 0 atom stereocenters. The van der Waals surface area contributed by atoms with Gasteiger partial charge in [0.1, 0.15) is 5.69 Å². The number of hydrogen-bond acceptors (Lipinski definition) is 5. The van der Waals surface area contributed by atoms with Crippen LogP contribution in [0.2, 0.25) is 10.0 Å². The van der Waals surface area contributed by atoms with Gasteiger partial charge in [0, 0.05) is 26.2 Å². The van der Waals surface area contributed by atoms with Gasteiger partial charge in [-0.3, -0.25) is 0 Å². The first-order valence-electron chi connectivity index (χ1n) is 8.23. The number of pyridine rings is 1. The number of carbonyl (C=O) groups is 1. The van der Waals surface area contributed by atoms with Crippen LogP contribution in [0.1, 0.15) is 0 Å². The molecule has 1 aromatic heterocycles. The van der Waals surface area contributed by atoms with Crippen molar-refractivity contribution >= 4 is 44.9 Å². The van der Waals surface area contributed by atoms with Crippen LogP contribution in [0.4, 0.5) is 28.0 Å². The molecule has 1 aliphatic rings. The molecule has 1 N–H and O–H groups in total. The largest absolute Gasteiger partial charge is 0.363 e. The van der Waals surface area contributed by atoms with Gasteiger partial charge in [-0.05, 0) is 18.2 Å². The molecule has 0 unspecified atom stereocenters. The third-order valence-electron chi connectivity index (χ3n) is 4.28. The molecule has 14 heteroatoms. The maximum atomic E-state index is 13.9. The van der Waals surface area contributed by atoms with Crippen LogP contribution < -0.4 is 9.62 Å². The van der Waals surface area contributed by atoms with Crippen molar-refractivity contribution in [2.75, 3.05) is 31.1 Å². The minimum Gasteiger partial charge on any atom is -0.363 e. The summed E-state index contributed by atoms with van der Waals surface area (Å²) in [4.78, 5) is 16.6. The number of halogens is 6. The van der Waals surface area contributed by atoms with Crippen molar-refractivity contribution < 1.29 is 30.8 Å². The summed E-state index contributed by atoms with van der Waals surface area (Å²) in [6.07, 6.45) is 0. The third kappa shape index (κ3) is 4.40. The van der Waals surface area contributed by atoms with Gasteiger partial charge in [-0.15, -0.1) is 0 Å². The number of rotatable bonds is 3. The Morgan fingerprint density at radius 2 is 1.53 bits per heavy atom. The Balaban J connectivity index is 1.70. The second kappa shape index (κ2) is 8.44. The summed E-state index contributed by atoms with van der Waals surface area (Å²) in [5.74, 6) is -6.91. The standard InChI is InChI=1S/C16H12Cl2F4N4O3S/c17-9-2-1-8(7-10(9)18)30(28,29)24-16(27)26-5-3-25(4-6-26)13-11(19)14(21)23-15(22)12(13)20/h1-2,7H,3-6H2,(H,24,27). The Morgan fingerprint density at radius 3 is 2.07 bits per heavy atom. The fraction of sp³-hybridized carbons (Fsp3) is 0.250. The maximum Gasteiger partial charge on any atom is 0.331 e. The highest BCUT2D eigenvalue weighted by molar-refractivity contribution is 7.90. The number of anilines is 1. The molecule has 0 spiro atoms. The molecule has 7 nitrogen and oxygen atoms in total. The van der Waals surface area contributed by atoms with E-state index >= 15 is 0 Å². The van der Waals surface area contributed by atoms with Gasteiger partial charge in [0.25, 0.3) is 21.9 Å². The fourth-order valence-corrected chi connectivity index (χ4v) is 4.13. The van der Waals surface area contributed by atoms with Gasteiger partial charge in [-0.1, -0.05) is 23.2 Å². The zero-order valence-electron chi connectivity index (χ0n) is 14.8. The number of urea groups is 1. The molecule has 2 aromatic rings. The molecule has 0 radical (unpaired) electrons. The summed E-state index contributed by atoms with van der Waals surface area (Å²) in [5.41, 5.74) is -0.941. The summed E-state index contributed by atoms with van der Waals surface area (Å²) in [5, 5.41) is 0.1000. The van der Waals surface area contributed by atoms with Crippen molar-refractivity contribution in [1.29, 1.82) is 0 Å². The Hall–Kier alpha value is -2.31. The first-order valence-corrected chi connectivity index (χ1v) is 10.5. The smallest absolute Gasteiger partial charge is 0.331 e. The molecular weight excluding hydrogens is 475 g/mol. The first-order chi connectivity index (χ1) is 14.0. The molecule has 2 heterocycles. The molecule has 1 aromatic carbocycles. The van der Waals surface area contributed by atoms with Gasteiger partial charge < -0.3 is 9.80 Å². The zero-order chi connectivity index (χ0) is 22.2. The number of nitrogens with zero attached hydrogens (tertiary/aromatic N) is 3. The van der Waals surface area contributed by atoms with E-state index in [4.69, 9.17) is 23.2 Å². The van der Waals surface area contributed by atoms with Crippen LogP contribution in [0.3, 0.4) is 0 Å². The number of aromatic nitrogens is 1. The van der Waals surface area contributed by atoms with Crippen LogP contribution in [0.25, 0.3) is 0 Å². The van der Waals surface area contributed by atoms with Crippen LogP contribution in [-0.2, 0) is 10.0 Å². The van der Waals surface area contributed by atoms with E-state index in [1.54, 1.807) is 0 Å². The van der Waals surface area contributed by atoms with Crippen LogP contribution >= 0.6 is 23.2 Å². The van der Waals surface area contributed by atoms with Crippen molar-refractivity contribution in [2.45, 2.75) is 4.90 Å². The highest BCUT2D eigenvalue weighted by Gasteiger charge is 2.30. The fourth-order valence-electron chi connectivity index (χ4n) is 2.77. The van der Waals surface area contributed by atoms with Crippen LogP contribution in [-0.4, -0.2) is 50.5 Å². The lowest BCUT2D eigenvalue weighted by atomic mass is 10.2. The first kappa shape index (κ1) is 22.4. The number of amides is 2. The number of piperazine rings is 1. The SMILES string of the molecule is O=C(NS(=O)(=O)c1ccc(Cl)c(Cl)c1)N1CCN(c2c(F)c(F)nc(F)c2F)CC1. The quantitative estimate of drug-likeness (QED) is 0.532. The van der Waals surface area contributed by atoms with Crippen LogP contribution in [0.5, 0.6) is 0 Å². The van der Waals surface area contributed by atoms with Gasteiger partial charge in [-0.2, -0.15) is 22.5 Å². The lowest BCUT2D eigenvalue weighted by Gasteiger charge is -2.36. The van der Waals surface area contributed by atoms with Gasteiger partial charge in [0.2, 0.25) is 11.6 Å². The number of nitrogens with one attached hydrogen (secondary N) is 1. The summed E-state index contributed by atoms with van der Waals surface area (Å²) in [6.45, 7) is -0.770. The average Bonchev–Trinajstić information content (AvgIpc) is 2.69. The summed E-state index contributed by atoms with van der Waals surface area (Å²) >= 11 is 11.5. The van der Waals surface area contributed by atoms with Crippen molar-refractivity contribution in [3.8, 4) is 0 Å². The van der Waals surface area contributed by atoms with Crippen molar-refractivity contribution in [2.24, 2.45) is 0 Å². The lowest BCUT2D eigenvalue weighted by Crippen LogP contribution is -2.53. The lowest BCUT2D eigenvalue weighted by molar-refractivity contribution is 0.200. The summed E-state index contributed by atoms with van der Waals surface area (Å²) < 4.78 is 80.9. The molecular formula is C16H12Cl2F4N4O3S. The van der Waals surface area contributed by atoms with Gasteiger partial charge in [0.15, 0.2) is 0 Å². The summed E-state index contributed by atoms with van der Waals surface area (Å²) in [6, 6.07) is 2.47. The molecule has 1 saturated heterocycles. The van der Waals surface area contributed by atoms with E-state index in [2.05, 4.69) is 4.98 Å². The van der Waals surface area contributed by atoms with E-state index in [9.17, 15) is 30.8 Å². The minimum absolute atomic E-state index is 0.0264. The number of carbonyl (C=O) groups excluding carboxylic acids is 1. The molecule has 1 aliphatic heterocycles. The van der Waals surface area contributed by atoms with Crippen molar-refractivity contribution in [3.05, 3.63) is 51.8 Å². The molecule has 30 heavy (non-hydrogen) atoms. The predicted octanol–water partition coefficient (Wildman–Crippen LogP) is 3.17. The molecule has 0 saturated carbocycles. The Bertz CT molecular complexity index is 1090. The molecule has 3 rings (SSSR count). The Kier molecular flexibility index (Phi) is 6.29. The Morgan fingerprint density at radius 1 is 0.967 bits per heavy atom. The molecule has 2 amide bonds. The Labute approximate surface area is 178 Å². The highest BCUT2D eigenvalue weighted by Crippen LogP contribution is 2.27. The van der Waals surface area contributed by atoms with Gasteiger partial charge >= 0.3 is 6.03 Å². The molecule has 0 bridgehead atoms. The topological polar surface area (TPSA) is 82.6 Å². The van der Waals surface area contributed by atoms with Crippen LogP contribution in [0.15, 0.2) is 23.1 Å². The van der Waals surface area contributed by atoms with E-state index in [0.29, 0.717) is 0 Å². The van der Waals surface area contributed by atoms with E-state index in [0.717, 1.165) is 21.9 Å². The molecule has 0 aliphatic carbocycles. The predicted molar refractivity (Wildman–Crippen MR) is 100 cm³/mol. The number of sulfonamides is 1. The maximum absolute atomic E-state index is 13.9. The highest BCUT2D eigenvalue weighted by atomic mass is 35.5. The second-order valence-corrected chi connectivity index (χ2v) is 8.63. The van der Waals surface area contributed by atoms with E-state index < -0.39 is 45.3 Å². The number of benzene rings is 1. The normalized spacial score (nSPS) is 14.7. The number of hydrogen-bond donors (Lipinski definition) is 1. The van der Waals surface area contributed by atoms with Gasteiger partial charge in [0.05, 0.1) is 14.9 Å². The van der Waals surface area contributed by atoms with Crippen LogP contribution in [0, 0.1) is 23.5 Å². The van der Waals surface area contributed by atoms with Gasteiger partial charge in [-0.25, -0.2) is 17.9 Å². The van der Waals surface area contributed by atoms with E-state index in [1.165, 1.54) is 6.07 Å². The van der Waals surface area contributed by atoms with Crippen molar-refractivity contribution in [1.82, 2.24) is 14.6 Å². The van der Waals surface area contributed by atoms with E-state index in [-0.39, 0.29) is 41.1 Å². The molecule has 162 valence electrons. The zero-order valence-corrected chi connectivity index (χ0v) is 17.1. The summed E-state index contributed by atoms with van der Waals surface area (Å²) in [7, 11) is -4.26. The van der Waals surface area contributed by atoms with E-state index in [1.807, 2.05) is 4.72 Å². The third-order valence-corrected chi connectivity index (χ3v) is 6.34.